The number of nitrogens with one attached hydrogen (secondary N) is 1. The minimum atomic E-state index is -1.45. The van der Waals surface area contributed by atoms with Crippen molar-refractivity contribution >= 4 is 17.8 Å². The van der Waals surface area contributed by atoms with E-state index in [0.717, 1.165) is 5.06 Å². The summed E-state index contributed by atoms with van der Waals surface area (Å²) >= 11 is 0. The van der Waals surface area contributed by atoms with Crippen LogP contribution in [0.2, 0.25) is 0 Å². The number of rotatable bonds is 3. The Morgan fingerprint density at radius 2 is 2.24 bits per heavy atom. The average Bonchev–Trinajstić information content (AvgIpc) is 2.49. The van der Waals surface area contributed by atoms with Gasteiger partial charge in [0.2, 0.25) is 0 Å². The van der Waals surface area contributed by atoms with Gasteiger partial charge < -0.3 is 5.11 Å². The lowest BCUT2D eigenvalue weighted by Crippen LogP contribution is -2.45. The summed E-state index contributed by atoms with van der Waals surface area (Å²) in [6, 6.07) is -0.595. The van der Waals surface area contributed by atoms with Gasteiger partial charge in [0, 0.05) is 6.42 Å². The summed E-state index contributed by atoms with van der Waals surface area (Å²) in [6.07, 6.45) is 1.15. The van der Waals surface area contributed by atoms with Crippen LogP contribution in [0.5, 0.6) is 0 Å². The minimum absolute atomic E-state index is 0.157. The van der Waals surface area contributed by atoms with Crippen molar-refractivity contribution in [2.75, 3.05) is 6.54 Å². The van der Waals surface area contributed by atoms with E-state index >= 15 is 0 Å². The molecule has 2 rings (SSSR count). The predicted octanol–water partition coefficient (Wildman–Crippen LogP) is 0.658. The molecule has 2 amide bonds. The zero-order valence-electron chi connectivity index (χ0n) is 9.77. The molecule has 2 fully saturated rings. The quantitative estimate of drug-likeness (QED) is 0.758. The van der Waals surface area contributed by atoms with Crippen molar-refractivity contribution in [1.82, 2.24) is 9.96 Å². The largest absolute Gasteiger partial charge is 0.479 e. The molecule has 2 bridgehead atoms. The van der Waals surface area contributed by atoms with Crippen LogP contribution in [0, 0.1) is 5.41 Å². The van der Waals surface area contributed by atoms with Gasteiger partial charge in [-0.2, -0.15) is 5.06 Å². The van der Waals surface area contributed by atoms with Gasteiger partial charge in [-0.15, -0.1) is 0 Å². The van der Waals surface area contributed by atoms with Gasteiger partial charge in [-0.25, -0.2) is 9.59 Å². The Hall–Kier alpha value is -1.63. The molecule has 17 heavy (non-hydrogen) atoms. The number of aliphatic carboxylic acids is 1. The van der Waals surface area contributed by atoms with E-state index in [-0.39, 0.29) is 11.9 Å². The predicted molar refractivity (Wildman–Crippen MR) is 57.5 cm³/mol. The van der Waals surface area contributed by atoms with E-state index in [4.69, 9.17) is 15.4 Å². The van der Waals surface area contributed by atoms with Crippen LogP contribution in [-0.2, 0) is 9.63 Å². The number of hydrogen-bond acceptors (Lipinski definition) is 4. The molecular weight excluding hydrogens is 226 g/mol. The third-order valence-corrected chi connectivity index (χ3v) is 3.03. The Balaban J connectivity index is 2.16. The highest BCUT2D eigenvalue weighted by molar-refractivity contribution is 5.98. The molecule has 0 aliphatic carbocycles. The van der Waals surface area contributed by atoms with Crippen LogP contribution in [0.1, 0.15) is 26.7 Å². The Morgan fingerprint density at radius 1 is 1.59 bits per heavy atom. The molecule has 2 saturated heterocycles. The number of amides is 2. The normalized spacial score (nSPS) is 24.5. The lowest BCUT2D eigenvalue weighted by atomic mass is 10.1. The van der Waals surface area contributed by atoms with Crippen LogP contribution in [0.4, 0.5) is 4.79 Å². The summed E-state index contributed by atoms with van der Waals surface area (Å²) in [5.41, 5.74) is -1.45. The van der Waals surface area contributed by atoms with Crippen LogP contribution in [0.25, 0.3) is 0 Å². The van der Waals surface area contributed by atoms with Gasteiger partial charge in [0.1, 0.15) is 5.84 Å². The SMILES string of the molecule is CC(C)(ON1C(=O)N2CC1CCC2=N)C(=O)O. The topological polar surface area (TPSA) is 93.9 Å². The first kappa shape index (κ1) is 11.8. The maximum absolute atomic E-state index is 11.9. The van der Waals surface area contributed by atoms with E-state index in [2.05, 4.69) is 0 Å². The van der Waals surface area contributed by atoms with Crippen LogP contribution < -0.4 is 0 Å². The number of hydroxylamine groups is 2. The van der Waals surface area contributed by atoms with Crippen LogP contribution in [-0.4, -0.2) is 51.1 Å². The van der Waals surface area contributed by atoms with Crippen molar-refractivity contribution in [3.8, 4) is 0 Å². The summed E-state index contributed by atoms with van der Waals surface area (Å²) in [4.78, 5) is 29.5. The smallest absolute Gasteiger partial charge is 0.349 e. The number of carbonyl (C=O) groups excluding carboxylic acids is 1. The number of piperidine rings is 1. The molecule has 2 aliphatic rings. The van der Waals surface area contributed by atoms with E-state index < -0.39 is 17.6 Å². The molecule has 0 radical (unpaired) electrons. The van der Waals surface area contributed by atoms with Crippen LogP contribution in [0.15, 0.2) is 0 Å². The molecule has 0 saturated carbocycles. The van der Waals surface area contributed by atoms with Crippen molar-refractivity contribution in [3.63, 3.8) is 0 Å². The van der Waals surface area contributed by atoms with E-state index in [1.54, 1.807) is 0 Å². The third-order valence-electron chi connectivity index (χ3n) is 3.03. The molecular formula is C10H15N3O4. The summed E-state index contributed by atoms with van der Waals surface area (Å²) in [7, 11) is 0. The maximum atomic E-state index is 11.9. The maximum Gasteiger partial charge on any atom is 0.349 e. The van der Waals surface area contributed by atoms with Crippen LogP contribution >= 0.6 is 0 Å². The zero-order chi connectivity index (χ0) is 12.8. The molecule has 0 aromatic rings. The summed E-state index contributed by atoms with van der Waals surface area (Å²) in [5.74, 6) is -0.859. The van der Waals surface area contributed by atoms with Crippen LogP contribution in [0.3, 0.4) is 0 Å². The van der Waals surface area contributed by atoms with Crippen molar-refractivity contribution < 1.29 is 19.5 Å². The van der Waals surface area contributed by atoms with Gasteiger partial charge in [-0.1, -0.05) is 0 Å². The fourth-order valence-corrected chi connectivity index (χ4v) is 1.91. The highest BCUT2D eigenvalue weighted by Crippen LogP contribution is 2.29. The van der Waals surface area contributed by atoms with Gasteiger partial charge >= 0.3 is 12.0 Å². The Bertz CT molecular complexity index is 393. The lowest BCUT2D eigenvalue weighted by molar-refractivity contribution is -0.221. The average molecular weight is 241 g/mol. The van der Waals surface area contributed by atoms with E-state index in [1.807, 2.05) is 0 Å². The number of carbonyl (C=O) groups is 2. The molecule has 7 nitrogen and oxygen atoms in total. The Morgan fingerprint density at radius 3 is 2.76 bits per heavy atom. The van der Waals surface area contributed by atoms with Gasteiger partial charge in [-0.05, 0) is 20.3 Å². The number of urea groups is 1. The van der Waals surface area contributed by atoms with E-state index in [0.29, 0.717) is 19.4 Å². The second-order valence-corrected chi connectivity index (χ2v) is 4.76. The van der Waals surface area contributed by atoms with Gasteiger partial charge in [0.15, 0.2) is 5.60 Å². The number of hydrogen-bond donors (Lipinski definition) is 2. The first-order valence-electron chi connectivity index (χ1n) is 5.43. The number of fused-ring (bicyclic) bond motifs is 2. The first-order valence-corrected chi connectivity index (χ1v) is 5.43. The van der Waals surface area contributed by atoms with E-state index in [1.165, 1.54) is 18.7 Å². The Kier molecular flexibility index (Phi) is 2.57. The van der Waals surface area contributed by atoms with Crippen molar-refractivity contribution in [2.24, 2.45) is 0 Å². The zero-order valence-corrected chi connectivity index (χ0v) is 9.77. The summed E-state index contributed by atoms with van der Waals surface area (Å²) < 4.78 is 0. The summed E-state index contributed by atoms with van der Waals surface area (Å²) in [5, 5.41) is 17.7. The third kappa shape index (κ3) is 1.86. The van der Waals surface area contributed by atoms with Crippen molar-refractivity contribution in [1.29, 1.82) is 5.41 Å². The number of carboxylic acid groups (broad SMARTS) is 1. The molecule has 2 aliphatic heterocycles. The molecule has 2 heterocycles. The number of carboxylic acids is 1. The van der Waals surface area contributed by atoms with Crippen molar-refractivity contribution in [3.05, 3.63) is 0 Å². The monoisotopic (exact) mass is 241 g/mol. The molecule has 7 heteroatoms. The standard InChI is InChI=1S/C10H15N3O4/c1-10(2,8(14)15)17-13-6-3-4-7(11)12(5-6)9(13)16/h6,11H,3-5H2,1-2H3,(H,14,15). The molecule has 94 valence electrons. The van der Waals surface area contributed by atoms with Gasteiger partial charge in [0.05, 0.1) is 12.6 Å². The summed E-state index contributed by atoms with van der Waals surface area (Å²) in [6.45, 7) is 3.20. The number of nitrogens with zero attached hydrogens (tertiary/aromatic N) is 2. The highest BCUT2D eigenvalue weighted by atomic mass is 16.7. The highest BCUT2D eigenvalue weighted by Gasteiger charge is 2.47. The van der Waals surface area contributed by atoms with Crippen molar-refractivity contribution in [2.45, 2.75) is 38.3 Å². The molecule has 1 unspecified atom stereocenters. The van der Waals surface area contributed by atoms with E-state index in [9.17, 15) is 9.59 Å². The lowest BCUT2D eigenvalue weighted by Gasteiger charge is -2.28. The molecule has 0 aromatic heterocycles. The number of amidine groups is 1. The minimum Gasteiger partial charge on any atom is -0.479 e. The fourth-order valence-electron chi connectivity index (χ4n) is 1.91. The molecule has 1 atom stereocenters. The molecule has 0 aromatic carbocycles. The second-order valence-electron chi connectivity index (χ2n) is 4.76. The fraction of sp³-hybridized carbons (Fsp3) is 0.700. The second kappa shape index (κ2) is 3.69. The first-order chi connectivity index (χ1) is 7.83. The molecule has 0 spiro atoms. The Labute approximate surface area is 98.4 Å². The van der Waals surface area contributed by atoms with Gasteiger partial charge in [-0.3, -0.25) is 15.1 Å². The van der Waals surface area contributed by atoms with Gasteiger partial charge in [0.25, 0.3) is 0 Å². The molecule has 2 N–H and O–H groups in total.